The molecule has 0 aromatic heterocycles. The van der Waals surface area contributed by atoms with E-state index >= 15 is 0 Å². The van der Waals surface area contributed by atoms with Gasteiger partial charge in [-0.25, -0.2) is 0 Å². The van der Waals surface area contributed by atoms with Crippen molar-refractivity contribution in [1.29, 1.82) is 0 Å². The summed E-state index contributed by atoms with van der Waals surface area (Å²) < 4.78 is 0. The summed E-state index contributed by atoms with van der Waals surface area (Å²) in [4.78, 5) is 12.6. The zero-order valence-electron chi connectivity index (χ0n) is 12.2. The third-order valence-corrected chi connectivity index (χ3v) is 5.24. The smallest absolute Gasteiger partial charge is 0.166 e. The van der Waals surface area contributed by atoms with Crippen LogP contribution >= 0.6 is 0 Å². The highest BCUT2D eigenvalue weighted by Crippen LogP contribution is 2.56. The second kappa shape index (κ2) is 5.14. The van der Waals surface area contributed by atoms with E-state index in [1.54, 1.807) is 0 Å². The van der Waals surface area contributed by atoms with Gasteiger partial charge in [0.15, 0.2) is 5.78 Å². The lowest BCUT2D eigenvalue weighted by atomic mass is 10.00. The maximum atomic E-state index is 12.6. The summed E-state index contributed by atoms with van der Waals surface area (Å²) in [5, 5.41) is 0. The van der Waals surface area contributed by atoms with Gasteiger partial charge in [-0.05, 0) is 35.8 Å². The Bertz CT molecular complexity index is 629. The van der Waals surface area contributed by atoms with Gasteiger partial charge in [0.25, 0.3) is 0 Å². The van der Waals surface area contributed by atoms with Crippen LogP contribution in [0.4, 0.5) is 0 Å². The SMILES string of the molecule is O=C(c1ccc(-c2ccccc2)cc1)C1C2CCCCC21. The fourth-order valence-electron chi connectivity index (χ4n) is 4.03. The number of fused-ring (bicyclic) bond motifs is 1. The Balaban J connectivity index is 1.53. The van der Waals surface area contributed by atoms with E-state index in [4.69, 9.17) is 0 Å². The molecule has 4 rings (SSSR count). The van der Waals surface area contributed by atoms with E-state index in [9.17, 15) is 4.79 Å². The number of rotatable bonds is 3. The van der Waals surface area contributed by atoms with Gasteiger partial charge in [0.05, 0.1) is 0 Å². The van der Waals surface area contributed by atoms with E-state index in [0.29, 0.717) is 23.5 Å². The zero-order chi connectivity index (χ0) is 14.2. The van der Waals surface area contributed by atoms with Crippen LogP contribution in [0, 0.1) is 17.8 Å². The Morgan fingerprint density at radius 1 is 0.762 bits per heavy atom. The maximum absolute atomic E-state index is 12.6. The van der Waals surface area contributed by atoms with E-state index in [2.05, 4.69) is 24.3 Å². The number of benzene rings is 2. The van der Waals surface area contributed by atoms with Crippen LogP contribution in [0.1, 0.15) is 36.0 Å². The summed E-state index contributed by atoms with van der Waals surface area (Å²) in [7, 11) is 0. The molecule has 0 radical (unpaired) electrons. The van der Waals surface area contributed by atoms with Crippen LogP contribution in [-0.2, 0) is 0 Å². The molecule has 2 aromatic rings. The molecule has 2 aromatic carbocycles. The first-order valence-corrected chi connectivity index (χ1v) is 8.04. The minimum atomic E-state index is 0.329. The standard InChI is InChI=1S/C20H20O/c21-20(19-17-8-4-5-9-18(17)19)16-12-10-15(11-13-16)14-6-2-1-3-7-14/h1-3,6-7,10-13,17-19H,4-5,8-9H2. The molecular weight excluding hydrogens is 256 g/mol. The molecule has 2 fully saturated rings. The third kappa shape index (κ3) is 2.31. The van der Waals surface area contributed by atoms with Crippen LogP contribution in [0.5, 0.6) is 0 Å². The highest BCUT2D eigenvalue weighted by atomic mass is 16.1. The Labute approximate surface area is 126 Å². The molecule has 0 spiro atoms. The van der Waals surface area contributed by atoms with Crippen LogP contribution in [0.25, 0.3) is 11.1 Å². The molecule has 106 valence electrons. The van der Waals surface area contributed by atoms with Crippen LogP contribution < -0.4 is 0 Å². The van der Waals surface area contributed by atoms with Gasteiger partial charge in [0.1, 0.15) is 0 Å². The predicted molar refractivity (Wildman–Crippen MR) is 85.1 cm³/mol. The van der Waals surface area contributed by atoms with Crippen molar-refractivity contribution >= 4 is 5.78 Å². The average molecular weight is 276 g/mol. The van der Waals surface area contributed by atoms with Crippen molar-refractivity contribution in [2.75, 3.05) is 0 Å². The molecule has 0 N–H and O–H groups in total. The molecular formula is C20H20O. The summed E-state index contributed by atoms with van der Waals surface area (Å²) in [6, 6.07) is 18.5. The van der Waals surface area contributed by atoms with Crippen molar-refractivity contribution in [2.24, 2.45) is 17.8 Å². The summed E-state index contributed by atoms with van der Waals surface area (Å²) in [6.07, 6.45) is 5.17. The number of carbonyl (C=O) groups excluding carboxylic acids is 1. The molecule has 2 atom stereocenters. The van der Waals surface area contributed by atoms with Crippen molar-refractivity contribution in [3.63, 3.8) is 0 Å². The fraction of sp³-hybridized carbons (Fsp3) is 0.350. The lowest BCUT2D eigenvalue weighted by Crippen LogP contribution is -2.04. The van der Waals surface area contributed by atoms with Gasteiger partial charge in [-0.15, -0.1) is 0 Å². The lowest BCUT2D eigenvalue weighted by Gasteiger charge is -2.04. The Hall–Kier alpha value is -1.89. The zero-order valence-corrected chi connectivity index (χ0v) is 12.2. The highest BCUT2D eigenvalue weighted by Gasteiger charge is 2.54. The minimum Gasteiger partial charge on any atom is -0.294 e. The second-order valence-corrected chi connectivity index (χ2v) is 6.45. The number of carbonyl (C=O) groups is 1. The number of hydrogen-bond acceptors (Lipinski definition) is 1. The normalized spacial score (nSPS) is 27.0. The molecule has 0 amide bonds. The van der Waals surface area contributed by atoms with Crippen molar-refractivity contribution in [3.05, 3.63) is 60.2 Å². The van der Waals surface area contributed by atoms with E-state index in [-0.39, 0.29) is 0 Å². The first-order chi connectivity index (χ1) is 10.3. The molecule has 1 heteroatoms. The van der Waals surface area contributed by atoms with Gasteiger partial charge >= 0.3 is 0 Å². The average Bonchev–Trinajstić information content (AvgIpc) is 3.29. The molecule has 2 unspecified atom stereocenters. The van der Waals surface area contributed by atoms with Crippen molar-refractivity contribution in [2.45, 2.75) is 25.7 Å². The lowest BCUT2D eigenvalue weighted by molar-refractivity contribution is 0.0956. The molecule has 0 bridgehead atoms. The van der Waals surface area contributed by atoms with Gasteiger partial charge in [-0.1, -0.05) is 67.4 Å². The summed E-state index contributed by atoms with van der Waals surface area (Å²) in [6.45, 7) is 0. The van der Waals surface area contributed by atoms with E-state index in [0.717, 1.165) is 5.56 Å². The van der Waals surface area contributed by atoms with Crippen LogP contribution in [0.3, 0.4) is 0 Å². The van der Waals surface area contributed by atoms with Crippen molar-refractivity contribution < 1.29 is 4.79 Å². The monoisotopic (exact) mass is 276 g/mol. The fourth-order valence-corrected chi connectivity index (χ4v) is 4.03. The second-order valence-electron chi connectivity index (χ2n) is 6.45. The molecule has 0 aliphatic heterocycles. The Morgan fingerprint density at radius 3 is 1.95 bits per heavy atom. The summed E-state index contributed by atoms with van der Waals surface area (Å²) >= 11 is 0. The molecule has 2 saturated carbocycles. The predicted octanol–water partition coefficient (Wildman–Crippen LogP) is 4.97. The van der Waals surface area contributed by atoms with Gasteiger partial charge < -0.3 is 0 Å². The van der Waals surface area contributed by atoms with Gasteiger partial charge in [0.2, 0.25) is 0 Å². The van der Waals surface area contributed by atoms with Gasteiger partial charge in [0, 0.05) is 11.5 Å². The number of hydrogen-bond donors (Lipinski definition) is 0. The molecule has 1 nitrogen and oxygen atoms in total. The molecule has 0 saturated heterocycles. The Morgan fingerprint density at radius 2 is 1.33 bits per heavy atom. The third-order valence-electron chi connectivity index (χ3n) is 5.24. The first-order valence-electron chi connectivity index (χ1n) is 8.04. The van der Waals surface area contributed by atoms with Crippen molar-refractivity contribution in [1.82, 2.24) is 0 Å². The van der Waals surface area contributed by atoms with Gasteiger partial charge in [-0.3, -0.25) is 4.79 Å². The maximum Gasteiger partial charge on any atom is 0.166 e. The van der Waals surface area contributed by atoms with Gasteiger partial charge in [-0.2, -0.15) is 0 Å². The Kier molecular flexibility index (Phi) is 3.14. The van der Waals surface area contributed by atoms with Crippen molar-refractivity contribution in [3.8, 4) is 11.1 Å². The molecule has 21 heavy (non-hydrogen) atoms. The van der Waals surface area contributed by atoms with Crippen LogP contribution in [0.15, 0.2) is 54.6 Å². The van der Waals surface area contributed by atoms with Crippen LogP contribution in [0.2, 0.25) is 0 Å². The largest absolute Gasteiger partial charge is 0.294 e. The number of ketones is 1. The summed E-state index contributed by atoms with van der Waals surface area (Å²) in [5.41, 5.74) is 3.28. The van der Waals surface area contributed by atoms with E-state index < -0.39 is 0 Å². The van der Waals surface area contributed by atoms with Crippen LogP contribution in [-0.4, -0.2) is 5.78 Å². The quantitative estimate of drug-likeness (QED) is 0.723. The first kappa shape index (κ1) is 12.8. The molecule has 0 heterocycles. The highest BCUT2D eigenvalue weighted by molar-refractivity contribution is 6.00. The topological polar surface area (TPSA) is 17.1 Å². The van der Waals surface area contributed by atoms with E-state index in [1.165, 1.54) is 36.8 Å². The summed E-state index contributed by atoms with van der Waals surface area (Å²) in [5.74, 6) is 2.10. The molecule has 2 aliphatic carbocycles. The number of Topliss-reactive ketones (excluding diaryl/α,β-unsaturated/α-hetero) is 1. The molecule has 2 aliphatic rings. The minimum absolute atomic E-state index is 0.329. The van der Waals surface area contributed by atoms with E-state index in [1.807, 2.05) is 30.3 Å².